The van der Waals surface area contributed by atoms with E-state index in [1.165, 1.54) is 0 Å². The minimum Gasteiger partial charge on any atom is -0.308 e. The molecule has 7 nitrogen and oxygen atoms in total. The van der Waals surface area contributed by atoms with Gasteiger partial charge in [-0.3, -0.25) is 4.98 Å². The molecule has 103 heavy (non-hydrogen) atoms. The molecule has 0 N–H and O–H groups in total. The number of nitriles is 1. The zero-order valence-electron chi connectivity index (χ0n) is 55.7. The van der Waals surface area contributed by atoms with Crippen LogP contribution < -0.4 is 0 Å². The molecule has 0 bridgehead atoms. The lowest BCUT2D eigenvalue weighted by Crippen LogP contribution is -2.16. The van der Waals surface area contributed by atoms with Crippen LogP contribution in [0, 0.1) is 11.3 Å². The zero-order valence-corrected chi connectivity index (χ0v) is 55.7. The summed E-state index contributed by atoms with van der Waals surface area (Å²) in [6, 6.07) is 129. The number of pyridine rings is 1. The number of benzene rings is 15. The van der Waals surface area contributed by atoms with E-state index in [9.17, 15) is 5.26 Å². The Hall–Kier alpha value is -14.1. The van der Waals surface area contributed by atoms with Crippen LogP contribution in [0.5, 0.6) is 0 Å². The van der Waals surface area contributed by atoms with Crippen molar-refractivity contribution < 1.29 is 0 Å². The lowest BCUT2D eigenvalue weighted by molar-refractivity contribution is 1.04. The number of aromatic nitrogens is 6. The van der Waals surface area contributed by atoms with E-state index >= 15 is 0 Å². The number of hydrogen-bond acceptors (Lipinski definition) is 2. The fraction of sp³-hybridized carbons (Fsp3) is 0. The molecule has 21 aromatic rings. The Morgan fingerprint density at radius 3 is 0.825 bits per heavy atom. The van der Waals surface area contributed by atoms with E-state index in [0.29, 0.717) is 5.56 Å². The largest absolute Gasteiger partial charge is 0.308 e. The van der Waals surface area contributed by atoms with Gasteiger partial charge in [-0.15, -0.1) is 0 Å². The fourth-order valence-electron chi connectivity index (χ4n) is 16.9. The predicted molar refractivity (Wildman–Crippen MR) is 428 cm³/mol. The quantitative estimate of drug-likeness (QED) is 0.137. The highest BCUT2D eigenvalue weighted by Gasteiger charge is 2.36. The standard InChI is InChI=1S/C96H59N7/c97-59-81-93(100-83-37-19-14-32-72(83)77-55-66(43-49-87(77)100)61-23-5-1-6-24-61)95(102-85-39-21-16-34-74(85)79-57-68(45-51-89(79)102)63-27-9-3-10-28-63)92(65-41-47-70(48-42-65)99-82-36-18-13-31-71(82)76-53-54-98-60-91(76)99)96(103-86-40-22-17-35-75(86)80-58-69(46-52-90(80)103)64-29-11-4-12-30-64)94(81)101-84-38-20-15-33-73(84)78-56-67(44-50-88(78)101)62-25-7-2-8-26-62/h1-58,60H. The molecule has 15 aromatic carbocycles. The second kappa shape index (κ2) is 23.0. The van der Waals surface area contributed by atoms with Crippen LogP contribution in [-0.2, 0) is 0 Å². The van der Waals surface area contributed by atoms with Gasteiger partial charge in [0.1, 0.15) is 11.6 Å². The third-order valence-electron chi connectivity index (χ3n) is 21.4. The van der Waals surface area contributed by atoms with Gasteiger partial charge in [0, 0.05) is 71.3 Å². The van der Waals surface area contributed by atoms with Crippen molar-refractivity contribution in [1.29, 1.82) is 5.26 Å². The first kappa shape index (κ1) is 58.0. The van der Waals surface area contributed by atoms with Gasteiger partial charge in [-0.05, 0) is 147 Å². The molecule has 7 heteroatoms. The molecule has 6 heterocycles. The second-order valence-corrected chi connectivity index (χ2v) is 26.9. The first-order chi connectivity index (χ1) is 51.1. The molecule has 0 fully saturated rings. The summed E-state index contributed by atoms with van der Waals surface area (Å²) >= 11 is 0. The number of fused-ring (bicyclic) bond motifs is 15. The van der Waals surface area contributed by atoms with Gasteiger partial charge in [0.25, 0.3) is 0 Å². The van der Waals surface area contributed by atoms with Crippen molar-refractivity contribution in [2.75, 3.05) is 0 Å². The molecule has 478 valence electrons. The van der Waals surface area contributed by atoms with Gasteiger partial charge in [-0.25, -0.2) is 0 Å². The molecule has 0 aliphatic rings. The van der Waals surface area contributed by atoms with Crippen molar-refractivity contribution in [3.8, 4) is 90.1 Å². The molecule has 21 rings (SSSR count). The maximum Gasteiger partial charge on any atom is 0.104 e. The summed E-state index contributed by atoms with van der Waals surface area (Å²) < 4.78 is 12.2. The van der Waals surface area contributed by atoms with Gasteiger partial charge in [-0.2, -0.15) is 5.26 Å². The van der Waals surface area contributed by atoms with Crippen LogP contribution in [0.15, 0.2) is 358 Å². The molecule has 0 aliphatic heterocycles. The lowest BCUT2D eigenvalue weighted by Gasteiger charge is -2.29. The number of rotatable bonds is 10. The first-order valence-corrected chi connectivity index (χ1v) is 35.1. The minimum absolute atomic E-state index is 0.492. The third kappa shape index (κ3) is 8.78. The number of hydrogen-bond donors (Lipinski definition) is 0. The first-order valence-electron chi connectivity index (χ1n) is 35.1. The summed E-state index contributed by atoms with van der Waals surface area (Å²) in [6.07, 6.45) is 3.87. The fourth-order valence-corrected chi connectivity index (χ4v) is 16.9. The highest BCUT2D eigenvalue weighted by molar-refractivity contribution is 6.19. The molecule has 0 atom stereocenters. The molecule has 0 saturated heterocycles. The van der Waals surface area contributed by atoms with Crippen LogP contribution in [0.25, 0.3) is 193 Å². The minimum atomic E-state index is 0.492. The summed E-state index contributed by atoms with van der Waals surface area (Å²) in [5.41, 5.74) is 25.4. The van der Waals surface area contributed by atoms with Gasteiger partial charge in [0.05, 0.1) is 84.1 Å². The van der Waals surface area contributed by atoms with Crippen molar-refractivity contribution in [3.63, 3.8) is 0 Å². The van der Waals surface area contributed by atoms with Gasteiger partial charge in [0.15, 0.2) is 0 Å². The van der Waals surface area contributed by atoms with E-state index in [4.69, 9.17) is 4.98 Å². The van der Waals surface area contributed by atoms with Gasteiger partial charge >= 0.3 is 0 Å². The van der Waals surface area contributed by atoms with Crippen molar-refractivity contribution >= 4 is 109 Å². The highest BCUT2D eigenvalue weighted by atomic mass is 15.1. The average Bonchev–Trinajstić information content (AvgIpc) is 1.57. The second-order valence-electron chi connectivity index (χ2n) is 26.9. The topological polar surface area (TPSA) is 61.3 Å². The Labute approximate surface area is 592 Å². The smallest absolute Gasteiger partial charge is 0.104 e. The highest BCUT2D eigenvalue weighted by Crippen LogP contribution is 2.53. The molecule has 0 unspecified atom stereocenters. The number of para-hydroxylation sites is 5. The van der Waals surface area contributed by atoms with Crippen molar-refractivity contribution in [2.24, 2.45) is 0 Å². The summed E-state index contributed by atoms with van der Waals surface area (Å²) in [7, 11) is 0. The number of nitrogens with zero attached hydrogens (tertiary/aromatic N) is 7. The maximum absolute atomic E-state index is 13.6. The molecule has 0 saturated carbocycles. The molecule has 0 radical (unpaired) electrons. The van der Waals surface area contributed by atoms with Crippen molar-refractivity contribution in [2.45, 2.75) is 0 Å². The monoisotopic (exact) mass is 1310 g/mol. The Kier molecular flexibility index (Phi) is 13.0. The van der Waals surface area contributed by atoms with Gasteiger partial charge < -0.3 is 22.8 Å². The SMILES string of the molecule is N#Cc1c(-n2c3ccccc3c3cc(-c4ccccc4)ccc32)c(-n2c3ccccc3c3cc(-c4ccccc4)ccc32)c(-c2ccc(-n3c4ccccc4c4ccncc43)cc2)c(-n2c3ccccc3c3cc(-c4ccccc4)ccc32)c1-n1c2ccccc2c2cc(-c3ccccc3)ccc21. The van der Waals surface area contributed by atoms with E-state index < -0.39 is 0 Å². The summed E-state index contributed by atoms with van der Waals surface area (Å²) in [4.78, 5) is 4.74. The molecule has 0 amide bonds. The van der Waals surface area contributed by atoms with Gasteiger partial charge in [-0.1, -0.05) is 249 Å². The van der Waals surface area contributed by atoms with Crippen molar-refractivity contribution in [3.05, 3.63) is 364 Å². The predicted octanol–water partition coefficient (Wildman–Crippen LogP) is 24.8. The van der Waals surface area contributed by atoms with Gasteiger partial charge in [0.2, 0.25) is 0 Å². The maximum atomic E-state index is 13.6. The van der Waals surface area contributed by atoms with E-state index in [1.807, 2.05) is 12.4 Å². The Bertz CT molecular complexity index is 6690. The normalized spacial score (nSPS) is 11.9. The lowest BCUT2D eigenvalue weighted by atomic mass is 9.93. The van der Waals surface area contributed by atoms with Crippen LogP contribution in [0.2, 0.25) is 0 Å². The van der Waals surface area contributed by atoms with Crippen LogP contribution in [0.4, 0.5) is 0 Å². The average molecular weight is 1310 g/mol. The molecule has 0 aliphatic carbocycles. The summed E-state index contributed by atoms with van der Waals surface area (Å²) in [6.45, 7) is 0. The van der Waals surface area contributed by atoms with Crippen LogP contribution >= 0.6 is 0 Å². The molecule has 0 spiro atoms. The Balaban J connectivity index is 1.02. The van der Waals surface area contributed by atoms with E-state index in [1.54, 1.807) is 0 Å². The molecular weight excluding hydrogens is 1250 g/mol. The molecule has 6 aromatic heterocycles. The van der Waals surface area contributed by atoms with Crippen LogP contribution in [0.3, 0.4) is 0 Å². The summed E-state index contributed by atoms with van der Waals surface area (Å²) in [5, 5.41) is 24.5. The van der Waals surface area contributed by atoms with Crippen LogP contribution in [0.1, 0.15) is 5.56 Å². The van der Waals surface area contributed by atoms with Crippen LogP contribution in [-0.4, -0.2) is 27.8 Å². The van der Waals surface area contributed by atoms with E-state index in [0.717, 1.165) is 193 Å². The zero-order chi connectivity index (χ0) is 67.8. The van der Waals surface area contributed by atoms with E-state index in [-0.39, 0.29) is 0 Å². The third-order valence-corrected chi connectivity index (χ3v) is 21.4. The Morgan fingerprint density at radius 1 is 0.214 bits per heavy atom. The molecular formula is C96H59N7. The van der Waals surface area contributed by atoms with Crippen molar-refractivity contribution in [1.82, 2.24) is 27.8 Å². The van der Waals surface area contributed by atoms with E-state index in [2.05, 4.69) is 375 Å². The Morgan fingerprint density at radius 2 is 0.485 bits per heavy atom. The summed E-state index contributed by atoms with van der Waals surface area (Å²) in [5.74, 6) is 0.